The van der Waals surface area contributed by atoms with E-state index in [-0.39, 0.29) is 6.42 Å². The fraction of sp³-hybridized carbons (Fsp3) is 0.250. The summed E-state index contributed by atoms with van der Waals surface area (Å²) in [4.78, 5) is 10.8. The molecule has 3 aromatic rings. The van der Waals surface area contributed by atoms with Gasteiger partial charge in [-0.25, -0.2) is 13.5 Å². The summed E-state index contributed by atoms with van der Waals surface area (Å²) in [6.45, 7) is 2.27. The van der Waals surface area contributed by atoms with Crippen LogP contribution in [-0.4, -0.2) is 53.7 Å². The first-order valence-electron chi connectivity index (χ1n) is 10.6. The van der Waals surface area contributed by atoms with Crippen LogP contribution >= 0.6 is 0 Å². The number of hydrogen-bond donors (Lipinski definition) is 3. The van der Waals surface area contributed by atoms with Crippen molar-refractivity contribution in [1.82, 2.24) is 20.2 Å². The van der Waals surface area contributed by atoms with Crippen molar-refractivity contribution in [2.75, 3.05) is 0 Å². The third kappa shape index (κ3) is 6.40. The Morgan fingerprint density at radius 1 is 1.03 bits per heavy atom. The number of aliphatic carboxylic acids is 1. The molecule has 2 atom stereocenters. The number of allylic oxidation sites excluding steroid dienone is 2. The average molecular weight is 470 g/mol. The Morgan fingerprint density at radius 2 is 1.59 bits per heavy atom. The molecule has 0 radical (unpaired) electrons. The van der Waals surface area contributed by atoms with E-state index in [2.05, 4.69) is 15.5 Å². The van der Waals surface area contributed by atoms with Gasteiger partial charge in [-0.05, 0) is 58.3 Å². The molecule has 0 aliphatic rings. The highest BCUT2D eigenvalue weighted by molar-refractivity contribution is 6.00. The number of halogens is 2. The molecule has 0 aliphatic heterocycles. The van der Waals surface area contributed by atoms with Crippen molar-refractivity contribution in [2.45, 2.75) is 38.5 Å². The summed E-state index contributed by atoms with van der Waals surface area (Å²) in [6.07, 6.45) is -0.160. The molecule has 0 spiro atoms. The van der Waals surface area contributed by atoms with Crippen molar-refractivity contribution in [2.24, 2.45) is 0 Å². The number of nitrogens with zero attached hydrogens (tertiary/aromatic N) is 4. The molecule has 178 valence electrons. The van der Waals surface area contributed by atoms with Gasteiger partial charge in [0.15, 0.2) is 5.82 Å². The van der Waals surface area contributed by atoms with Gasteiger partial charge in [0.25, 0.3) is 0 Å². The van der Waals surface area contributed by atoms with E-state index in [0.717, 1.165) is 0 Å². The van der Waals surface area contributed by atoms with Crippen molar-refractivity contribution in [3.63, 3.8) is 0 Å². The number of carboxylic acids is 1. The molecule has 3 N–H and O–H groups in total. The molecular weight excluding hydrogens is 446 g/mol. The highest BCUT2D eigenvalue weighted by Gasteiger charge is 2.19. The van der Waals surface area contributed by atoms with Crippen molar-refractivity contribution >= 4 is 17.1 Å². The minimum atomic E-state index is -1.24. The highest BCUT2D eigenvalue weighted by Crippen LogP contribution is 2.33. The summed E-state index contributed by atoms with van der Waals surface area (Å²) in [6, 6.07) is 11.4. The van der Waals surface area contributed by atoms with E-state index in [1.807, 2.05) is 6.92 Å². The number of aryl methyl sites for hydroxylation is 1. The second kappa shape index (κ2) is 11.4. The third-order valence-corrected chi connectivity index (χ3v) is 5.02. The fourth-order valence-corrected chi connectivity index (χ4v) is 3.44. The molecule has 3 rings (SSSR count). The van der Waals surface area contributed by atoms with Crippen molar-refractivity contribution in [3.05, 3.63) is 89.3 Å². The molecule has 0 amide bonds. The first-order valence-corrected chi connectivity index (χ1v) is 10.6. The molecule has 0 fully saturated rings. The van der Waals surface area contributed by atoms with E-state index in [1.54, 1.807) is 30.3 Å². The number of aromatic nitrogens is 4. The number of carbonyl (C=O) groups is 1. The first-order chi connectivity index (χ1) is 16.3. The SMILES string of the molecule is CCn1nnnc1C(C=CC(O)CC(O)CC(=O)O)=C(c1ccc(F)cc1)c1ccc(F)cc1. The van der Waals surface area contributed by atoms with Gasteiger partial charge >= 0.3 is 5.97 Å². The van der Waals surface area contributed by atoms with Gasteiger partial charge in [0.05, 0.1) is 18.6 Å². The molecule has 2 aromatic carbocycles. The molecule has 0 bridgehead atoms. The van der Waals surface area contributed by atoms with Gasteiger partial charge in [0, 0.05) is 18.5 Å². The van der Waals surface area contributed by atoms with E-state index >= 15 is 0 Å². The summed E-state index contributed by atoms with van der Waals surface area (Å²) in [7, 11) is 0. The molecule has 10 heteroatoms. The quantitative estimate of drug-likeness (QED) is 0.389. The number of aliphatic hydroxyl groups excluding tert-OH is 2. The maximum atomic E-state index is 13.6. The van der Waals surface area contributed by atoms with Gasteiger partial charge < -0.3 is 15.3 Å². The van der Waals surface area contributed by atoms with Crippen LogP contribution in [0.4, 0.5) is 8.78 Å². The van der Waals surface area contributed by atoms with Gasteiger partial charge in [-0.1, -0.05) is 36.4 Å². The predicted molar refractivity (Wildman–Crippen MR) is 120 cm³/mol. The Bertz CT molecular complexity index is 1130. The Hall–Kier alpha value is -3.76. The lowest BCUT2D eigenvalue weighted by atomic mass is 9.91. The van der Waals surface area contributed by atoms with Gasteiger partial charge in [-0.3, -0.25) is 4.79 Å². The number of carboxylic acid groups (broad SMARTS) is 1. The van der Waals surface area contributed by atoms with E-state index < -0.39 is 36.2 Å². The first kappa shape index (κ1) is 24.9. The van der Waals surface area contributed by atoms with E-state index in [4.69, 9.17) is 5.11 Å². The van der Waals surface area contributed by atoms with Crippen LogP contribution in [0.3, 0.4) is 0 Å². The standard InChI is InChI=1S/C24H24F2N4O4/c1-2-30-24(27-28-29-30)21(12-11-19(31)13-20(32)14-22(33)34)23(15-3-7-17(25)8-4-15)16-5-9-18(26)10-6-16/h3-12,19-20,31-32H,2,13-14H2,1H3,(H,33,34). The highest BCUT2D eigenvalue weighted by atomic mass is 19.1. The van der Waals surface area contributed by atoms with Crippen molar-refractivity contribution < 1.29 is 28.9 Å². The minimum absolute atomic E-state index is 0.197. The van der Waals surface area contributed by atoms with Gasteiger partial charge in [0.1, 0.15) is 11.6 Å². The van der Waals surface area contributed by atoms with Gasteiger partial charge in [0.2, 0.25) is 0 Å². The predicted octanol–water partition coefficient (Wildman–Crippen LogP) is 3.07. The molecule has 1 heterocycles. The van der Waals surface area contributed by atoms with Crippen LogP contribution in [-0.2, 0) is 11.3 Å². The number of aliphatic hydroxyl groups is 2. The number of tetrazole rings is 1. The maximum absolute atomic E-state index is 13.6. The van der Waals surface area contributed by atoms with Gasteiger partial charge in [-0.2, -0.15) is 0 Å². The van der Waals surface area contributed by atoms with Crippen molar-refractivity contribution in [3.8, 4) is 0 Å². The van der Waals surface area contributed by atoms with Crippen LogP contribution in [0.2, 0.25) is 0 Å². The molecule has 8 nitrogen and oxygen atoms in total. The monoisotopic (exact) mass is 470 g/mol. The molecule has 0 saturated carbocycles. The minimum Gasteiger partial charge on any atom is -0.481 e. The zero-order valence-electron chi connectivity index (χ0n) is 18.3. The van der Waals surface area contributed by atoms with Crippen LogP contribution in [0.5, 0.6) is 0 Å². The summed E-state index contributed by atoms with van der Waals surface area (Å²) in [5.74, 6) is -1.69. The largest absolute Gasteiger partial charge is 0.481 e. The topological polar surface area (TPSA) is 121 Å². The molecular formula is C24H24F2N4O4. The zero-order chi connectivity index (χ0) is 24.7. The normalized spacial score (nSPS) is 13.1. The van der Waals surface area contributed by atoms with Crippen LogP contribution in [0.15, 0.2) is 60.7 Å². The molecule has 0 aliphatic carbocycles. The van der Waals surface area contributed by atoms with E-state index in [1.165, 1.54) is 35.0 Å². The van der Waals surface area contributed by atoms with Crippen LogP contribution in [0.1, 0.15) is 36.7 Å². The summed E-state index contributed by atoms with van der Waals surface area (Å²) < 4.78 is 28.8. The Kier molecular flexibility index (Phi) is 8.34. The maximum Gasteiger partial charge on any atom is 0.305 e. The smallest absolute Gasteiger partial charge is 0.305 e. The number of hydrogen-bond acceptors (Lipinski definition) is 6. The second-order valence-corrected chi connectivity index (χ2v) is 7.53. The number of rotatable bonds is 10. The Balaban J connectivity index is 2.16. The summed E-state index contributed by atoms with van der Waals surface area (Å²) in [5, 5.41) is 40.8. The van der Waals surface area contributed by atoms with Gasteiger partial charge in [-0.15, -0.1) is 5.10 Å². The summed E-state index contributed by atoms with van der Waals surface area (Å²) >= 11 is 0. The van der Waals surface area contributed by atoms with Crippen molar-refractivity contribution in [1.29, 1.82) is 0 Å². The third-order valence-electron chi connectivity index (χ3n) is 5.02. The Morgan fingerprint density at radius 3 is 2.09 bits per heavy atom. The van der Waals surface area contributed by atoms with Crippen LogP contribution < -0.4 is 0 Å². The number of benzene rings is 2. The lowest BCUT2D eigenvalue weighted by molar-refractivity contribution is -0.139. The molecule has 2 unspecified atom stereocenters. The molecule has 34 heavy (non-hydrogen) atoms. The lowest BCUT2D eigenvalue weighted by Crippen LogP contribution is -2.19. The van der Waals surface area contributed by atoms with E-state index in [9.17, 15) is 23.8 Å². The lowest BCUT2D eigenvalue weighted by Gasteiger charge is -2.15. The fourth-order valence-electron chi connectivity index (χ4n) is 3.44. The molecule has 0 saturated heterocycles. The molecule has 1 aromatic heterocycles. The van der Waals surface area contributed by atoms with Crippen LogP contribution in [0.25, 0.3) is 11.1 Å². The average Bonchev–Trinajstić information content (AvgIpc) is 3.26. The second-order valence-electron chi connectivity index (χ2n) is 7.53. The summed E-state index contributed by atoms with van der Waals surface area (Å²) in [5.41, 5.74) is 2.20. The Labute approximate surface area is 194 Å². The zero-order valence-corrected chi connectivity index (χ0v) is 18.3. The van der Waals surface area contributed by atoms with Crippen LogP contribution in [0, 0.1) is 11.6 Å². The van der Waals surface area contributed by atoms with E-state index in [0.29, 0.717) is 34.6 Å².